The molecule has 2 fully saturated rings. The van der Waals surface area contributed by atoms with E-state index in [1.54, 1.807) is 6.07 Å². The van der Waals surface area contributed by atoms with Gasteiger partial charge < -0.3 is 19.8 Å². The molecule has 2 aromatic heterocycles. The Morgan fingerprint density at radius 2 is 2.03 bits per heavy atom. The maximum absolute atomic E-state index is 14.5. The molecule has 1 amide bonds. The number of aliphatic hydroxyl groups excluding tert-OH is 1. The summed E-state index contributed by atoms with van der Waals surface area (Å²) in [7, 11) is 0. The summed E-state index contributed by atoms with van der Waals surface area (Å²) < 4.78 is 14.9. The zero-order valence-corrected chi connectivity index (χ0v) is 21.6. The third-order valence-electron chi connectivity index (χ3n) is 7.22. The van der Waals surface area contributed by atoms with E-state index in [0.717, 1.165) is 12.1 Å². The van der Waals surface area contributed by atoms with Crippen LogP contribution in [0.25, 0.3) is 10.9 Å². The molecule has 180 valence electrons. The molecule has 2 unspecified atom stereocenters. The molecule has 2 atom stereocenters. The number of hydrogen-bond donors (Lipinski definition) is 1. The molecule has 5 rings (SSSR count). The zero-order valence-electron chi connectivity index (χ0n) is 19.2. The van der Waals surface area contributed by atoms with Crippen LogP contribution < -0.4 is 9.80 Å². The van der Waals surface area contributed by atoms with Crippen LogP contribution in [0, 0.1) is 17.2 Å². The lowest BCUT2D eigenvalue weighted by molar-refractivity contribution is 0.0747. The highest BCUT2D eigenvalue weighted by Gasteiger charge is 2.41. The van der Waals surface area contributed by atoms with Crippen molar-refractivity contribution in [2.75, 3.05) is 55.7 Å². The van der Waals surface area contributed by atoms with E-state index in [1.807, 2.05) is 21.7 Å². The molecule has 1 aromatic carbocycles. The number of aromatic nitrogens is 2. The van der Waals surface area contributed by atoms with Gasteiger partial charge in [-0.15, -0.1) is 0 Å². The minimum atomic E-state index is -0.358. The van der Waals surface area contributed by atoms with Gasteiger partial charge in [-0.25, -0.2) is 9.37 Å². The summed E-state index contributed by atoms with van der Waals surface area (Å²) in [5, 5.41) is 14.4. The first-order chi connectivity index (χ1) is 16.3. The minimum Gasteiger partial charge on any atom is -0.396 e. The van der Waals surface area contributed by atoms with Crippen LogP contribution >= 0.6 is 27.3 Å². The lowest BCUT2D eigenvalue weighted by Crippen LogP contribution is -2.49. The van der Waals surface area contributed by atoms with Gasteiger partial charge in [0.05, 0.1) is 22.2 Å². The number of fused-ring (bicyclic) bond motifs is 1. The van der Waals surface area contributed by atoms with E-state index in [2.05, 4.69) is 39.6 Å². The Balaban J connectivity index is 1.46. The van der Waals surface area contributed by atoms with Gasteiger partial charge >= 0.3 is 0 Å². The van der Waals surface area contributed by atoms with Crippen molar-refractivity contribution in [2.24, 2.45) is 11.3 Å². The van der Waals surface area contributed by atoms with Crippen molar-refractivity contribution < 1.29 is 14.3 Å². The van der Waals surface area contributed by atoms with Crippen molar-refractivity contribution in [2.45, 2.75) is 13.8 Å². The Labute approximate surface area is 210 Å². The molecule has 0 spiro atoms. The van der Waals surface area contributed by atoms with Crippen molar-refractivity contribution in [3.05, 3.63) is 44.8 Å². The number of anilines is 2. The van der Waals surface area contributed by atoms with Crippen molar-refractivity contribution in [3.8, 4) is 0 Å². The number of amides is 1. The number of benzene rings is 1. The number of carbonyl (C=O) groups excluding carboxylic acids is 1. The number of thiophene rings is 1. The highest BCUT2D eigenvalue weighted by Crippen LogP contribution is 2.40. The van der Waals surface area contributed by atoms with Gasteiger partial charge in [0, 0.05) is 55.4 Å². The van der Waals surface area contributed by atoms with Crippen molar-refractivity contribution in [3.63, 3.8) is 0 Å². The van der Waals surface area contributed by atoms with E-state index in [1.165, 1.54) is 17.4 Å². The summed E-state index contributed by atoms with van der Waals surface area (Å²) in [6.45, 7) is 8.05. The van der Waals surface area contributed by atoms with Gasteiger partial charge in [0.1, 0.15) is 11.6 Å². The molecule has 0 bridgehead atoms. The maximum Gasteiger partial charge on any atom is 0.254 e. The van der Waals surface area contributed by atoms with Gasteiger partial charge in [0.25, 0.3) is 5.91 Å². The molecular formula is C24H27BrFN5O2S. The third-order valence-corrected chi connectivity index (χ3v) is 8.51. The second-order valence-corrected chi connectivity index (χ2v) is 11.2. The average Bonchev–Trinajstić information content (AvgIpc) is 3.48. The van der Waals surface area contributed by atoms with Crippen LogP contribution in [0.15, 0.2) is 33.4 Å². The number of piperazine rings is 1. The van der Waals surface area contributed by atoms with Crippen LogP contribution in [-0.2, 0) is 0 Å². The molecule has 0 radical (unpaired) electrons. The van der Waals surface area contributed by atoms with Crippen LogP contribution in [0.2, 0.25) is 0 Å². The van der Waals surface area contributed by atoms with Gasteiger partial charge in [0.2, 0.25) is 5.95 Å². The number of rotatable bonds is 4. The number of aliphatic hydroxyl groups is 1. The molecule has 4 heterocycles. The maximum atomic E-state index is 14.5. The predicted octanol–water partition coefficient (Wildman–Crippen LogP) is 4.01. The molecular weight excluding hydrogens is 521 g/mol. The normalized spacial score (nSPS) is 23.2. The Hall–Kier alpha value is -2.30. The molecule has 10 heteroatoms. The molecule has 34 heavy (non-hydrogen) atoms. The summed E-state index contributed by atoms with van der Waals surface area (Å²) in [4.78, 5) is 28.5. The first-order valence-electron chi connectivity index (χ1n) is 11.4. The molecule has 2 saturated heterocycles. The molecule has 7 nitrogen and oxygen atoms in total. The van der Waals surface area contributed by atoms with Crippen LogP contribution in [0.5, 0.6) is 0 Å². The Morgan fingerprint density at radius 1 is 1.26 bits per heavy atom. The zero-order chi connectivity index (χ0) is 24.0. The molecule has 2 aliphatic heterocycles. The smallest absolute Gasteiger partial charge is 0.254 e. The minimum absolute atomic E-state index is 0.0507. The summed E-state index contributed by atoms with van der Waals surface area (Å²) in [6, 6.07) is 5.03. The Kier molecular flexibility index (Phi) is 6.24. The van der Waals surface area contributed by atoms with Gasteiger partial charge in [-0.1, -0.05) is 13.8 Å². The molecule has 0 saturated carbocycles. The number of halogens is 2. The number of hydrogen-bond acceptors (Lipinski definition) is 7. The molecule has 3 aromatic rings. The largest absolute Gasteiger partial charge is 0.396 e. The predicted molar refractivity (Wildman–Crippen MR) is 136 cm³/mol. The topological polar surface area (TPSA) is 72.8 Å². The van der Waals surface area contributed by atoms with E-state index in [-0.39, 0.29) is 29.7 Å². The second kappa shape index (κ2) is 9.05. The fourth-order valence-corrected chi connectivity index (χ4v) is 5.69. The van der Waals surface area contributed by atoms with Gasteiger partial charge in [0.15, 0.2) is 0 Å². The molecule has 0 aliphatic carbocycles. The van der Waals surface area contributed by atoms with E-state index in [4.69, 9.17) is 9.97 Å². The van der Waals surface area contributed by atoms with Crippen LogP contribution in [0.3, 0.4) is 0 Å². The fraction of sp³-hybridized carbons (Fsp3) is 0.458. The average molecular weight is 548 g/mol. The number of carbonyl (C=O) groups is 1. The summed E-state index contributed by atoms with van der Waals surface area (Å²) >= 11 is 4.81. The summed E-state index contributed by atoms with van der Waals surface area (Å²) in [5.41, 5.74) is 1.14. The van der Waals surface area contributed by atoms with E-state index >= 15 is 0 Å². The van der Waals surface area contributed by atoms with Gasteiger partial charge in [-0.3, -0.25) is 4.79 Å². The lowest BCUT2D eigenvalue weighted by atomic mass is 9.82. The highest BCUT2D eigenvalue weighted by molar-refractivity contribution is 9.10. The Bertz CT molecular complexity index is 1220. The molecule has 1 N–H and O–H groups in total. The van der Waals surface area contributed by atoms with Crippen molar-refractivity contribution in [1.29, 1.82) is 0 Å². The summed E-state index contributed by atoms with van der Waals surface area (Å²) in [5.74, 6) is 1.22. The summed E-state index contributed by atoms with van der Waals surface area (Å²) in [6.07, 6.45) is 0. The lowest BCUT2D eigenvalue weighted by Gasteiger charge is -2.35. The Morgan fingerprint density at radius 3 is 2.68 bits per heavy atom. The van der Waals surface area contributed by atoms with E-state index in [9.17, 15) is 14.3 Å². The van der Waals surface area contributed by atoms with Gasteiger partial charge in [-0.05, 0) is 45.4 Å². The first-order valence-corrected chi connectivity index (χ1v) is 13.1. The fourth-order valence-electron chi connectivity index (χ4n) is 4.73. The van der Waals surface area contributed by atoms with E-state index < -0.39 is 0 Å². The SMILES string of the molecule is CC1CN(c2nc(N3CCN(C(=O)c4ccsc4)CC3)nc3cc(Br)c(F)cc23)CC1(C)CO. The third kappa shape index (κ3) is 4.16. The second-order valence-electron chi connectivity index (χ2n) is 9.52. The standard InChI is InChI=1S/C24H27BrFN5O2S/c1-15-11-31(13-24(15,2)14-32)21-17-9-19(26)18(25)10-20(17)27-23(28-21)30-6-4-29(5-7-30)22(33)16-3-8-34-12-16/h3,8-10,12,15,32H,4-7,11,13-14H2,1-2H3. The monoisotopic (exact) mass is 547 g/mol. The van der Waals surface area contributed by atoms with Crippen LogP contribution in [-0.4, -0.2) is 71.8 Å². The van der Waals surface area contributed by atoms with Crippen molar-refractivity contribution in [1.82, 2.24) is 14.9 Å². The van der Waals surface area contributed by atoms with E-state index in [0.29, 0.717) is 59.9 Å². The highest BCUT2D eigenvalue weighted by atomic mass is 79.9. The number of nitrogens with zero attached hydrogens (tertiary/aromatic N) is 5. The van der Waals surface area contributed by atoms with Crippen LogP contribution in [0.4, 0.5) is 16.2 Å². The van der Waals surface area contributed by atoms with Gasteiger partial charge in [-0.2, -0.15) is 16.3 Å². The van der Waals surface area contributed by atoms with Crippen LogP contribution in [0.1, 0.15) is 24.2 Å². The first kappa shape index (κ1) is 23.4. The molecule has 2 aliphatic rings. The van der Waals surface area contributed by atoms with Crippen molar-refractivity contribution >= 4 is 55.8 Å². The quantitative estimate of drug-likeness (QED) is 0.532.